The highest BCUT2D eigenvalue weighted by Gasteiger charge is 2.59. The third-order valence-corrected chi connectivity index (χ3v) is 4.24. The molecule has 1 rings (SSSR count). The molecule has 0 atom stereocenters. The molecular weight excluding hydrogens is 422 g/mol. The van der Waals surface area contributed by atoms with Crippen LogP contribution >= 0.6 is 37.5 Å². The van der Waals surface area contributed by atoms with Crippen LogP contribution in [0.4, 0.5) is 43.9 Å². The Kier molecular flexibility index (Phi) is 5.64. The van der Waals surface area contributed by atoms with E-state index in [2.05, 4.69) is 37.5 Å². The summed E-state index contributed by atoms with van der Waals surface area (Å²) < 4.78 is 124. The standard InChI is InChI=1S/C9H6F10N2S3/c10-6(11,8(14,15)16)1-20-3(22)4(23)21(5(20)24)2-7(12,13)9(17,18)19/h22-23H,1-2H2. The molecule has 0 aromatic carbocycles. The second kappa shape index (κ2) is 6.30. The molecule has 0 saturated carbocycles. The molecule has 0 aliphatic heterocycles. The normalized spacial score (nSPS) is 14.3. The summed E-state index contributed by atoms with van der Waals surface area (Å²) in [5.41, 5.74) is 0. The van der Waals surface area contributed by atoms with Gasteiger partial charge in [-0.3, -0.25) is 0 Å². The summed E-state index contributed by atoms with van der Waals surface area (Å²) in [6.07, 6.45) is -12.0. The van der Waals surface area contributed by atoms with Crippen molar-refractivity contribution in [2.24, 2.45) is 0 Å². The molecule has 15 heteroatoms. The minimum atomic E-state index is -5.99. The lowest BCUT2D eigenvalue weighted by atomic mass is 10.3. The van der Waals surface area contributed by atoms with E-state index in [1.165, 1.54) is 0 Å². The van der Waals surface area contributed by atoms with Crippen LogP contribution in [0, 0.1) is 4.77 Å². The van der Waals surface area contributed by atoms with Crippen LogP contribution in [0.1, 0.15) is 0 Å². The Balaban J connectivity index is 3.34. The van der Waals surface area contributed by atoms with E-state index in [1.54, 1.807) is 0 Å². The third kappa shape index (κ3) is 3.98. The summed E-state index contributed by atoms with van der Waals surface area (Å²) >= 11 is 11.4. The first-order valence-corrected chi connectivity index (χ1v) is 6.83. The van der Waals surface area contributed by atoms with Crippen molar-refractivity contribution in [3.63, 3.8) is 0 Å². The van der Waals surface area contributed by atoms with Gasteiger partial charge < -0.3 is 9.13 Å². The van der Waals surface area contributed by atoms with E-state index in [1.807, 2.05) is 0 Å². The third-order valence-electron chi connectivity index (χ3n) is 2.72. The van der Waals surface area contributed by atoms with E-state index in [0.717, 1.165) is 0 Å². The van der Waals surface area contributed by atoms with Crippen LogP contribution < -0.4 is 0 Å². The zero-order valence-electron chi connectivity index (χ0n) is 10.9. The van der Waals surface area contributed by atoms with Gasteiger partial charge in [0.15, 0.2) is 4.77 Å². The maximum Gasteiger partial charge on any atom is 0.455 e. The van der Waals surface area contributed by atoms with Crippen molar-refractivity contribution in [1.82, 2.24) is 9.13 Å². The molecule has 0 radical (unpaired) electrons. The SMILES string of the molecule is FC(F)(F)C(F)(F)Cn1c(S)c(S)n(CC(F)(F)C(F)(F)F)c1=S. The lowest BCUT2D eigenvalue weighted by Gasteiger charge is -2.21. The van der Waals surface area contributed by atoms with Gasteiger partial charge in [0, 0.05) is 0 Å². The van der Waals surface area contributed by atoms with Crippen LogP contribution in [0.5, 0.6) is 0 Å². The Labute approximate surface area is 143 Å². The number of halogens is 10. The number of imidazole rings is 1. The summed E-state index contributed by atoms with van der Waals surface area (Å²) in [5.74, 6) is -10.6. The Morgan fingerprint density at radius 2 is 0.917 bits per heavy atom. The second-order valence-electron chi connectivity index (χ2n) is 4.51. The maximum atomic E-state index is 13.1. The highest BCUT2D eigenvalue weighted by molar-refractivity contribution is 7.83. The van der Waals surface area contributed by atoms with Crippen LogP contribution in [0.3, 0.4) is 0 Å². The van der Waals surface area contributed by atoms with E-state index >= 15 is 0 Å². The lowest BCUT2D eigenvalue weighted by molar-refractivity contribution is -0.288. The molecule has 0 bridgehead atoms. The molecule has 0 spiro atoms. The average molecular weight is 428 g/mol. The number of thiol groups is 2. The quantitative estimate of drug-likeness (QED) is 0.391. The van der Waals surface area contributed by atoms with E-state index < -0.39 is 52.1 Å². The molecule has 24 heavy (non-hydrogen) atoms. The molecular formula is C9H6F10N2S3. The molecule has 0 N–H and O–H groups in total. The maximum absolute atomic E-state index is 13.1. The number of rotatable bonds is 4. The van der Waals surface area contributed by atoms with Crippen molar-refractivity contribution < 1.29 is 43.9 Å². The lowest BCUT2D eigenvalue weighted by Crippen LogP contribution is -2.41. The topological polar surface area (TPSA) is 9.86 Å². The van der Waals surface area contributed by atoms with Gasteiger partial charge in [0.05, 0.1) is 13.1 Å². The van der Waals surface area contributed by atoms with Crippen LogP contribution in [0.15, 0.2) is 10.1 Å². The minimum absolute atomic E-state index is 0.0271. The van der Waals surface area contributed by atoms with Gasteiger partial charge in [-0.25, -0.2) is 0 Å². The molecule has 1 aromatic rings. The molecule has 140 valence electrons. The molecule has 0 fully saturated rings. The predicted molar refractivity (Wildman–Crippen MR) is 69.8 cm³/mol. The Bertz CT molecular complexity index is 614. The fourth-order valence-electron chi connectivity index (χ4n) is 1.43. The molecule has 1 aromatic heterocycles. The molecule has 0 saturated heterocycles. The van der Waals surface area contributed by atoms with Crippen LogP contribution in [-0.4, -0.2) is 33.3 Å². The molecule has 2 nitrogen and oxygen atoms in total. The van der Waals surface area contributed by atoms with Gasteiger partial charge in [0.1, 0.15) is 10.1 Å². The summed E-state index contributed by atoms with van der Waals surface area (Å²) in [6.45, 7) is -4.29. The highest BCUT2D eigenvalue weighted by Crippen LogP contribution is 2.40. The van der Waals surface area contributed by atoms with E-state index in [-0.39, 0.29) is 9.13 Å². The molecule has 0 amide bonds. The smallest absolute Gasteiger partial charge is 0.305 e. The second-order valence-corrected chi connectivity index (χ2v) is 5.72. The predicted octanol–water partition coefficient (Wildman–Crippen LogP) is 4.99. The molecule has 0 unspecified atom stereocenters. The van der Waals surface area contributed by atoms with Gasteiger partial charge in [-0.15, -0.1) is 25.3 Å². The molecule has 1 heterocycles. The number of hydrogen-bond donors (Lipinski definition) is 2. The minimum Gasteiger partial charge on any atom is -0.305 e. The van der Waals surface area contributed by atoms with E-state index in [9.17, 15) is 43.9 Å². The van der Waals surface area contributed by atoms with E-state index in [4.69, 9.17) is 0 Å². The van der Waals surface area contributed by atoms with Gasteiger partial charge in [0.25, 0.3) is 0 Å². The van der Waals surface area contributed by atoms with Crippen molar-refractivity contribution in [3.05, 3.63) is 4.77 Å². The van der Waals surface area contributed by atoms with Crippen LogP contribution in [0.25, 0.3) is 0 Å². The molecule has 0 aliphatic rings. The molecule has 0 aliphatic carbocycles. The first-order valence-electron chi connectivity index (χ1n) is 5.53. The number of alkyl halides is 10. The van der Waals surface area contributed by atoms with Gasteiger partial charge in [-0.1, -0.05) is 0 Å². The van der Waals surface area contributed by atoms with Crippen molar-refractivity contribution >= 4 is 37.5 Å². The zero-order valence-corrected chi connectivity index (χ0v) is 13.5. The fourth-order valence-corrected chi connectivity index (χ4v) is 2.45. The summed E-state index contributed by atoms with van der Waals surface area (Å²) in [7, 11) is 0. The Morgan fingerprint density at radius 1 is 0.667 bits per heavy atom. The van der Waals surface area contributed by atoms with Crippen LogP contribution in [-0.2, 0) is 13.1 Å². The number of aromatic nitrogens is 2. The number of hydrogen-bond acceptors (Lipinski definition) is 3. The Morgan fingerprint density at radius 3 is 1.12 bits per heavy atom. The van der Waals surface area contributed by atoms with E-state index in [0.29, 0.717) is 0 Å². The number of nitrogens with zero attached hydrogens (tertiary/aromatic N) is 2. The average Bonchev–Trinajstić information content (AvgIpc) is 2.53. The first-order chi connectivity index (χ1) is 10.4. The summed E-state index contributed by atoms with van der Waals surface area (Å²) in [4.78, 5) is 0. The van der Waals surface area contributed by atoms with Crippen LogP contribution in [0.2, 0.25) is 0 Å². The highest BCUT2D eigenvalue weighted by atomic mass is 32.1. The monoisotopic (exact) mass is 428 g/mol. The van der Waals surface area contributed by atoms with Gasteiger partial charge in [-0.05, 0) is 12.2 Å². The summed E-state index contributed by atoms with van der Waals surface area (Å²) in [5, 5.41) is -1.63. The Hall–Kier alpha value is -0.570. The van der Waals surface area contributed by atoms with Crippen molar-refractivity contribution in [2.75, 3.05) is 0 Å². The first kappa shape index (κ1) is 21.5. The largest absolute Gasteiger partial charge is 0.455 e. The van der Waals surface area contributed by atoms with Gasteiger partial charge >= 0.3 is 24.2 Å². The fraction of sp³-hybridized carbons (Fsp3) is 0.667. The zero-order chi connectivity index (χ0) is 19.3. The summed E-state index contributed by atoms with van der Waals surface area (Å²) in [6, 6.07) is 0. The van der Waals surface area contributed by atoms with Crippen molar-refractivity contribution in [2.45, 2.75) is 47.3 Å². The van der Waals surface area contributed by atoms with Crippen molar-refractivity contribution in [1.29, 1.82) is 0 Å². The van der Waals surface area contributed by atoms with Gasteiger partial charge in [0.2, 0.25) is 0 Å². The van der Waals surface area contributed by atoms with Crippen molar-refractivity contribution in [3.8, 4) is 0 Å². The van der Waals surface area contributed by atoms with Gasteiger partial charge in [-0.2, -0.15) is 43.9 Å².